The fourth-order valence-electron chi connectivity index (χ4n) is 2.55. The van der Waals surface area contributed by atoms with Crippen molar-refractivity contribution < 1.29 is 9.90 Å². The first-order valence-electron chi connectivity index (χ1n) is 6.65. The third kappa shape index (κ3) is 2.07. The van der Waals surface area contributed by atoms with Crippen LogP contribution in [0.5, 0.6) is 0 Å². The summed E-state index contributed by atoms with van der Waals surface area (Å²) in [5, 5.41) is 14.5. The van der Waals surface area contributed by atoms with Crippen molar-refractivity contribution in [2.24, 2.45) is 0 Å². The van der Waals surface area contributed by atoms with Crippen LogP contribution in [0.2, 0.25) is 0 Å². The lowest BCUT2D eigenvalue weighted by Gasteiger charge is -2.07. The highest BCUT2D eigenvalue weighted by atomic mass is 16.4. The number of fused-ring (bicyclic) bond motifs is 1. The molecule has 21 heavy (non-hydrogen) atoms. The van der Waals surface area contributed by atoms with E-state index < -0.39 is 5.97 Å². The van der Waals surface area contributed by atoms with Gasteiger partial charge in [0.2, 0.25) is 0 Å². The van der Waals surface area contributed by atoms with Crippen molar-refractivity contribution in [2.75, 3.05) is 0 Å². The van der Waals surface area contributed by atoms with Crippen molar-refractivity contribution in [3.8, 4) is 5.69 Å². The Balaban J connectivity index is 2.42. The average molecular weight is 281 g/mol. The van der Waals surface area contributed by atoms with Crippen LogP contribution >= 0.6 is 0 Å². The van der Waals surface area contributed by atoms with Crippen LogP contribution in [0.1, 0.15) is 27.3 Å². The maximum absolute atomic E-state index is 11.5. The van der Waals surface area contributed by atoms with Crippen LogP contribution in [0.25, 0.3) is 16.7 Å². The molecule has 0 aliphatic heterocycles. The molecule has 0 aliphatic carbocycles. The standard InChI is InChI=1S/C16H15N3O2/c1-9-6-4-5-7-13(9)19-15-14(11(3)18-19)12(16(20)21)8-10(2)17-15/h4-8H,1-3H3,(H,20,21). The molecule has 3 rings (SSSR count). The molecule has 0 bridgehead atoms. The molecule has 0 unspecified atom stereocenters. The van der Waals surface area contributed by atoms with Crippen LogP contribution < -0.4 is 0 Å². The molecule has 106 valence electrons. The number of hydrogen-bond acceptors (Lipinski definition) is 3. The van der Waals surface area contributed by atoms with Crippen LogP contribution in [0, 0.1) is 20.8 Å². The Bertz CT molecular complexity index is 865. The Morgan fingerprint density at radius 3 is 2.57 bits per heavy atom. The Morgan fingerprint density at radius 2 is 1.90 bits per heavy atom. The SMILES string of the molecule is Cc1cc(C(=O)O)c2c(C)nn(-c3ccccc3C)c2n1. The van der Waals surface area contributed by atoms with Gasteiger partial charge in [-0.15, -0.1) is 0 Å². The summed E-state index contributed by atoms with van der Waals surface area (Å²) in [6.07, 6.45) is 0. The molecule has 0 radical (unpaired) electrons. The van der Waals surface area contributed by atoms with Crippen LogP contribution in [0.15, 0.2) is 30.3 Å². The number of carboxylic acids is 1. The summed E-state index contributed by atoms with van der Waals surface area (Å²) >= 11 is 0. The van der Waals surface area contributed by atoms with Gasteiger partial charge in [-0.2, -0.15) is 5.10 Å². The number of hydrogen-bond donors (Lipinski definition) is 1. The lowest BCUT2D eigenvalue weighted by atomic mass is 10.1. The van der Waals surface area contributed by atoms with Crippen LogP contribution in [-0.2, 0) is 0 Å². The van der Waals surface area contributed by atoms with Gasteiger partial charge in [-0.05, 0) is 38.5 Å². The third-order valence-corrected chi connectivity index (χ3v) is 3.51. The minimum absolute atomic E-state index is 0.245. The monoisotopic (exact) mass is 281 g/mol. The highest BCUT2D eigenvalue weighted by molar-refractivity contribution is 6.03. The largest absolute Gasteiger partial charge is 0.478 e. The Kier molecular flexibility index (Phi) is 2.97. The van der Waals surface area contributed by atoms with Gasteiger partial charge in [0.1, 0.15) is 0 Å². The first-order valence-corrected chi connectivity index (χ1v) is 6.65. The highest BCUT2D eigenvalue weighted by Crippen LogP contribution is 2.25. The number of pyridine rings is 1. The van der Waals surface area contributed by atoms with Crippen LogP contribution in [-0.4, -0.2) is 25.8 Å². The van der Waals surface area contributed by atoms with Gasteiger partial charge < -0.3 is 5.11 Å². The minimum Gasteiger partial charge on any atom is -0.478 e. The van der Waals surface area contributed by atoms with E-state index in [1.165, 1.54) is 0 Å². The summed E-state index contributed by atoms with van der Waals surface area (Å²) in [5.74, 6) is -0.960. The first kappa shape index (κ1) is 13.3. The number of nitrogens with zero attached hydrogens (tertiary/aromatic N) is 3. The second-order valence-electron chi connectivity index (χ2n) is 5.10. The molecule has 0 fully saturated rings. The van der Waals surface area contributed by atoms with Gasteiger partial charge in [0.05, 0.1) is 22.3 Å². The Labute approximate surface area is 121 Å². The molecule has 2 aromatic heterocycles. The number of benzene rings is 1. The third-order valence-electron chi connectivity index (χ3n) is 3.51. The number of rotatable bonds is 2. The molecular formula is C16H15N3O2. The van der Waals surface area contributed by atoms with Crippen LogP contribution in [0.4, 0.5) is 0 Å². The quantitative estimate of drug-likeness (QED) is 0.784. The number of aromatic carboxylic acids is 1. The fraction of sp³-hybridized carbons (Fsp3) is 0.188. The molecule has 1 N–H and O–H groups in total. The molecule has 0 amide bonds. The Morgan fingerprint density at radius 1 is 1.19 bits per heavy atom. The number of carbonyl (C=O) groups is 1. The summed E-state index contributed by atoms with van der Waals surface area (Å²) in [6.45, 7) is 5.59. The number of para-hydroxylation sites is 1. The van der Waals surface area contributed by atoms with Crippen LogP contribution in [0.3, 0.4) is 0 Å². The fourth-order valence-corrected chi connectivity index (χ4v) is 2.55. The van der Waals surface area contributed by atoms with Gasteiger partial charge in [-0.1, -0.05) is 18.2 Å². The van der Waals surface area contributed by atoms with Gasteiger partial charge in [-0.3, -0.25) is 0 Å². The highest BCUT2D eigenvalue weighted by Gasteiger charge is 2.19. The average Bonchev–Trinajstić information content (AvgIpc) is 2.75. The second kappa shape index (κ2) is 4.70. The smallest absolute Gasteiger partial charge is 0.336 e. The van der Waals surface area contributed by atoms with E-state index in [9.17, 15) is 9.90 Å². The first-order chi connectivity index (χ1) is 9.99. The van der Waals surface area contributed by atoms with Crippen molar-refractivity contribution in [3.05, 3.63) is 52.8 Å². The molecule has 2 heterocycles. The lowest BCUT2D eigenvalue weighted by Crippen LogP contribution is -2.03. The number of carboxylic acid groups (broad SMARTS) is 1. The van der Waals surface area contributed by atoms with E-state index in [-0.39, 0.29) is 5.56 Å². The number of aromatic nitrogens is 3. The van der Waals surface area contributed by atoms with Crippen molar-refractivity contribution in [1.82, 2.24) is 14.8 Å². The van der Waals surface area contributed by atoms with E-state index >= 15 is 0 Å². The number of aryl methyl sites for hydroxylation is 3. The van der Waals surface area contributed by atoms with E-state index in [0.29, 0.717) is 22.4 Å². The molecule has 0 saturated heterocycles. The predicted octanol–water partition coefficient (Wildman–Crippen LogP) is 3.04. The molecule has 1 aromatic carbocycles. The van der Waals surface area contributed by atoms with Gasteiger partial charge in [0.25, 0.3) is 0 Å². The minimum atomic E-state index is -0.960. The van der Waals surface area contributed by atoms with Gasteiger partial charge in [0, 0.05) is 5.69 Å². The van der Waals surface area contributed by atoms with E-state index in [4.69, 9.17) is 0 Å². The Hall–Kier alpha value is -2.69. The van der Waals surface area contributed by atoms with Gasteiger partial charge in [-0.25, -0.2) is 14.5 Å². The maximum Gasteiger partial charge on any atom is 0.336 e. The van der Waals surface area contributed by atoms with Crippen molar-refractivity contribution in [2.45, 2.75) is 20.8 Å². The zero-order chi connectivity index (χ0) is 15.1. The summed E-state index contributed by atoms with van der Waals surface area (Å²) in [5.41, 5.74) is 4.12. The molecular weight excluding hydrogens is 266 g/mol. The van der Waals surface area contributed by atoms with Crippen molar-refractivity contribution in [1.29, 1.82) is 0 Å². The zero-order valence-corrected chi connectivity index (χ0v) is 12.1. The summed E-state index contributed by atoms with van der Waals surface area (Å²) < 4.78 is 1.72. The van der Waals surface area contributed by atoms with E-state index in [1.807, 2.05) is 31.2 Å². The molecule has 5 heteroatoms. The summed E-state index contributed by atoms with van der Waals surface area (Å²) in [4.78, 5) is 16.0. The summed E-state index contributed by atoms with van der Waals surface area (Å²) in [6, 6.07) is 9.41. The molecule has 0 aliphatic rings. The van der Waals surface area contributed by atoms with E-state index in [0.717, 1.165) is 11.3 Å². The molecule has 0 spiro atoms. The molecule has 5 nitrogen and oxygen atoms in total. The zero-order valence-electron chi connectivity index (χ0n) is 12.1. The van der Waals surface area contributed by atoms with Gasteiger partial charge >= 0.3 is 5.97 Å². The predicted molar refractivity (Wildman–Crippen MR) is 80.0 cm³/mol. The topological polar surface area (TPSA) is 68.0 Å². The van der Waals surface area contributed by atoms with Gasteiger partial charge in [0.15, 0.2) is 5.65 Å². The normalized spacial score (nSPS) is 11.0. The maximum atomic E-state index is 11.5. The van der Waals surface area contributed by atoms with E-state index in [2.05, 4.69) is 10.1 Å². The molecule has 0 saturated carbocycles. The van der Waals surface area contributed by atoms with Crippen molar-refractivity contribution in [3.63, 3.8) is 0 Å². The second-order valence-corrected chi connectivity index (χ2v) is 5.10. The molecule has 0 atom stereocenters. The molecule has 3 aromatic rings. The summed E-state index contributed by atoms with van der Waals surface area (Å²) in [7, 11) is 0. The lowest BCUT2D eigenvalue weighted by molar-refractivity contribution is 0.0698. The van der Waals surface area contributed by atoms with Crippen molar-refractivity contribution >= 4 is 17.0 Å². The van der Waals surface area contributed by atoms with E-state index in [1.54, 1.807) is 24.6 Å².